The van der Waals surface area contributed by atoms with Gasteiger partial charge >= 0.3 is 0 Å². The summed E-state index contributed by atoms with van der Waals surface area (Å²) in [5.74, 6) is 0.741. The first-order chi connectivity index (χ1) is 12.6. The molecular formula is C18H23N6OS+. The van der Waals surface area contributed by atoms with E-state index in [9.17, 15) is 4.79 Å². The van der Waals surface area contributed by atoms with Crippen LogP contribution in [0.2, 0.25) is 0 Å². The zero-order valence-corrected chi connectivity index (χ0v) is 16.0. The molecule has 1 atom stereocenters. The number of piperazine rings is 1. The maximum Gasteiger partial charge on any atom is 0.293 e. The van der Waals surface area contributed by atoms with Crippen LogP contribution in [0.4, 0.5) is 0 Å². The zero-order chi connectivity index (χ0) is 17.8. The van der Waals surface area contributed by atoms with Crippen LogP contribution in [0.1, 0.15) is 46.7 Å². The number of likely N-dealkylation sites (N-methyl/N-ethyl adjacent to an activating group) is 1. The van der Waals surface area contributed by atoms with Crippen molar-refractivity contribution in [1.29, 1.82) is 0 Å². The summed E-state index contributed by atoms with van der Waals surface area (Å²) in [6.07, 6.45) is 5.25. The monoisotopic (exact) mass is 371 g/mol. The van der Waals surface area contributed by atoms with Crippen LogP contribution in [-0.2, 0) is 6.42 Å². The Labute approximate surface area is 155 Å². The van der Waals surface area contributed by atoms with Crippen LogP contribution >= 0.6 is 11.3 Å². The minimum Gasteiger partial charge on any atom is -0.334 e. The highest BCUT2D eigenvalue weighted by Gasteiger charge is 2.28. The van der Waals surface area contributed by atoms with E-state index in [4.69, 9.17) is 0 Å². The van der Waals surface area contributed by atoms with Gasteiger partial charge in [-0.25, -0.2) is 14.5 Å². The maximum absolute atomic E-state index is 12.9. The fraction of sp³-hybridized carbons (Fsp3) is 0.556. The van der Waals surface area contributed by atoms with E-state index in [1.807, 2.05) is 4.90 Å². The highest BCUT2D eigenvalue weighted by Crippen LogP contribution is 2.42. The Hall–Kier alpha value is -2.06. The third kappa shape index (κ3) is 2.43. The summed E-state index contributed by atoms with van der Waals surface area (Å²) < 4.78 is 1.69. The molecule has 1 fully saturated rings. The van der Waals surface area contributed by atoms with Crippen molar-refractivity contribution in [2.24, 2.45) is 0 Å². The molecule has 3 aromatic rings. The number of aryl methyl sites for hydroxylation is 1. The Balaban J connectivity index is 1.60. The Bertz CT molecular complexity index is 1000. The van der Waals surface area contributed by atoms with Crippen molar-refractivity contribution in [3.8, 4) is 0 Å². The topological polar surface area (TPSA) is 67.8 Å². The van der Waals surface area contributed by atoms with Gasteiger partial charge in [-0.2, -0.15) is 0 Å². The van der Waals surface area contributed by atoms with Gasteiger partial charge in [-0.05, 0) is 30.7 Å². The highest BCUT2D eigenvalue weighted by molar-refractivity contribution is 7.19. The van der Waals surface area contributed by atoms with Crippen molar-refractivity contribution in [3.63, 3.8) is 0 Å². The lowest BCUT2D eigenvalue weighted by atomic mass is 9.87. The first-order valence-corrected chi connectivity index (χ1v) is 10.2. The van der Waals surface area contributed by atoms with Gasteiger partial charge in [-0.1, -0.05) is 6.92 Å². The highest BCUT2D eigenvalue weighted by atomic mass is 32.1. The molecule has 0 saturated carbocycles. The Morgan fingerprint density at radius 1 is 1.35 bits per heavy atom. The van der Waals surface area contributed by atoms with E-state index < -0.39 is 0 Å². The number of quaternary nitrogens is 1. The number of nitrogens with one attached hydrogen (secondary N) is 1. The van der Waals surface area contributed by atoms with Gasteiger partial charge in [0.1, 0.15) is 11.2 Å². The third-order valence-electron chi connectivity index (χ3n) is 5.77. The quantitative estimate of drug-likeness (QED) is 0.685. The fourth-order valence-corrected chi connectivity index (χ4v) is 5.51. The third-order valence-corrected chi connectivity index (χ3v) is 6.95. The van der Waals surface area contributed by atoms with Crippen LogP contribution in [0, 0.1) is 0 Å². The molecule has 26 heavy (non-hydrogen) atoms. The second-order valence-corrected chi connectivity index (χ2v) is 8.69. The molecule has 1 aliphatic heterocycles. The summed E-state index contributed by atoms with van der Waals surface area (Å²) in [5.41, 5.74) is 2.16. The van der Waals surface area contributed by atoms with E-state index in [1.165, 1.54) is 28.2 Å². The van der Waals surface area contributed by atoms with Crippen LogP contribution < -0.4 is 4.90 Å². The molecule has 1 aliphatic carbocycles. The van der Waals surface area contributed by atoms with Crippen LogP contribution in [0.15, 0.2) is 6.33 Å². The van der Waals surface area contributed by atoms with Gasteiger partial charge in [-0.15, -0.1) is 16.4 Å². The van der Waals surface area contributed by atoms with Crippen molar-refractivity contribution >= 4 is 33.1 Å². The summed E-state index contributed by atoms with van der Waals surface area (Å²) in [6, 6.07) is 0. The predicted octanol–water partition coefficient (Wildman–Crippen LogP) is 0.749. The number of carbonyl (C=O) groups excluding carboxylic acids is 1. The molecule has 5 rings (SSSR count). The summed E-state index contributed by atoms with van der Waals surface area (Å²) in [7, 11) is 2.16. The van der Waals surface area contributed by atoms with Crippen LogP contribution in [0.25, 0.3) is 15.9 Å². The standard InChI is InChI=1S/C18H22N6OS/c1-11-4-3-5-12-13(11)14-16-20-15(21-24(16)10-19-17(14)26-12)18(25)23-8-6-22(2)7-9-23/h10-11H,3-9H2,1-2H3/p+1/t11-/m1/s1. The largest absolute Gasteiger partial charge is 0.334 e. The number of hydrogen-bond acceptors (Lipinski definition) is 5. The Morgan fingerprint density at radius 2 is 2.15 bits per heavy atom. The van der Waals surface area contributed by atoms with E-state index in [0.717, 1.165) is 48.5 Å². The molecule has 1 N–H and O–H groups in total. The molecule has 7 nitrogen and oxygen atoms in total. The normalized spacial score (nSPS) is 21.5. The van der Waals surface area contributed by atoms with Crippen molar-refractivity contribution < 1.29 is 9.69 Å². The number of amides is 1. The lowest BCUT2D eigenvalue weighted by Crippen LogP contribution is -3.12. The Morgan fingerprint density at radius 3 is 2.96 bits per heavy atom. The van der Waals surface area contributed by atoms with E-state index in [-0.39, 0.29) is 5.91 Å². The lowest BCUT2D eigenvalue weighted by Gasteiger charge is -2.29. The molecular weight excluding hydrogens is 348 g/mol. The lowest BCUT2D eigenvalue weighted by molar-refractivity contribution is -0.883. The van der Waals surface area contributed by atoms with Gasteiger partial charge in [-0.3, -0.25) is 4.79 Å². The number of fused-ring (bicyclic) bond motifs is 5. The molecule has 2 aliphatic rings. The molecule has 0 bridgehead atoms. The number of aromatic nitrogens is 4. The minimum atomic E-state index is -0.0634. The second-order valence-electron chi connectivity index (χ2n) is 7.61. The number of hydrogen-bond donors (Lipinski definition) is 1. The van der Waals surface area contributed by atoms with E-state index in [2.05, 4.69) is 29.0 Å². The zero-order valence-electron chi connectivity index (χ0n) is 15.2. The number of thiophene rings is 1. The number of carbonyl (C=O) groups is 1. The van der Waals surface area contributed by atoms with Gasteiger partial charge in [0, 0.05) is 4.88 Å². The fourth-order valence-electron chi connectivity index (χ4n) is 4.21. The average Bonchev–Trinajstić information content (AvgIpc) is 3.23. The van der Waals surface area contributed by atoms with Crippen LogP contribution in [-0.4, -0.2) is 63.6 Å². The van der Waals surface area contributed by atoms with Gasteiger partial charge in [0.15, 0.2) is 5.65 Å². The summed E-state index contributed by atoms with van der Waals surface area (Å²) >= 11 is 1.77. The molecule has 3 aromatic heterocycles. The first kappa shape index (κ1) is 16.1. The molecule has 0 unspecified atom stereocenters. The Kier molecular flexibility index (Phi) is 3.72. The predicted molar refractivity (Wildman–Crippen MR) is 100 cm³/mol. The summed E-state index contributed by atoms with van der Waals surface area (Å²) in [4.78, 5) is 27.9. The minimum absolute atomic E-state index is 0.0634. The first-order valence-electron chi connectivity index (χ1n) is 9.39. The van der Waals surface area contributed by atoms with Gasteiger partial charge in [0.05, 0.1) is 38.6 Å². The molecule has 0 spiro atoms. The maximum atomic E-state index is 12.9. The SMILES string of the molecule is C[C@@H]1CCCc2sc3ncn4nc(C(=O)N5CC[NH+](C)CC5)nc4c3c21. The van der Waals surface area contributed by atoms with Crippen molar-refractivity contribution in [2.45, 2.75) is 32.1 Å². The van der Waals surface area contributed by atoms with Crippen LogP contribution in [0.5, 0.6) is 0 Å². The van der Waals surface area contributed by atoms with Gasteiger partial charge in [0.2, 0.25) is 5.82 Å². The molecule has 1 saturated heterocycles. The second kappa shape index (κ2) is 5.99. The van der Waals surface area contributed by atoms with E-state index in [0.29, 0.717) is 11.7 Å². The van der Waals surface area contributed by atoms with Crippen LogP contribution in [0.3, 0.4) is 0 Å². The van der Waals surface area contributed by atoms with Crippen molar-refractivity contribution in [1.82, 2.24) is 24.5 Å². The molecule has 8 heteroatoms. The summed E-state index contributed by atoms with van der Waals surface area (Å²) in [5, 5.41) is 5.57. The van der Waals surface area contributed by atoms with Gasteiger partial charge in [0.25, 0.3) is 5.91 Å². The molecule has 0 radical (unpaired) electrons. The van der Waals surface area contributed by atoms with Gasteiger partial charge < -0.3 is 9.80 Å². The number of nitrogens with zero attached hydrogens (tertiary/aromatic N) is 5. The molecule has 136 valence electrons. The number of rotatable bonds is 1. The molecule has 1 amide bonds. The smallest absolute Gasteiger partial charge is 0.293 e. The molecule has 4 heterocycles. The molecule has 0 aromatic carbocycles. The van der Waals surface area contributed by atoms with Crippen molar-refractivity contribution in [2.75, 3.05) is 33.2 Å². The van der Waals surface area contributed by atoms with E-state index in [1.54, 1.807) is 22.2 Å². The van der Waals surface area contributed by atoms with Crippen molar-refractivity contribution in [3.05, 3.63) is 22.6 Å². The average molecular weight is 371 g/mol. The van der Waals surface area contributed by atoms with E-state index >= 15 is 0 Å². The summed E-state index contributed by atoms with van der Waals surface area (Å²) in [6.45, 7) is 5.75.